The van der Waals surface area contributed by atoms with Gasteiger partial charge in [0.2, 0.25) is 0 Å². The van der Waals surface area contributed by atoms with E-state index in [2.05, 4.69) is 26.2 Å². The second-order valence-electron chi connectivity index (χ2n) is 3.21. The summed E-state index contributed by atoms with van der Waals surface area (Å²) in [6.45, 7) is 1.97. The molecule has 0 aliphatic heterocycles. The first-order chi connectivity index (χ1) is 7.65. The third-order valence-corrected chi connectivity index (χ3v) is 3.36. The highest BCUT2D eigenvalue weighted by molar-refractivity contribution is 9.10. The SMILES string of the molecule is Cc1ccc(C(=O)Nc2cccc(Br)n2)s1. The van der Waals surface area contributed by atoms with Gasteiger partial charge in [-0.15, -0.1) is 11.3 Å². The van der Waals surface area contributed by atoms with Crippen LogP contribution in [0, 0.1) is 6.92 Å². The van der Waals surface area contributed by atoms with Crippen molar-refractivity contribution in [1.29, 1.82) is 0 Å². The van der Waals surface area contributed by atoms with Gasteiger partial charge in [0.15, 0.2) is 0 Å². The summed E-state index contributed by atoms with van der Waals surface area (Å²) in [5, 5.41) is 2.74. The summed E-state index contributed by atoms with van der Waals surface area (Å²) in [4.78, 5) is 17.7. The molecule has 0 fully saturated rings. The zero-order chi connectivity index (χ0) is 11.5. The molecule has 0 atom stereocenters. The number of carbonyl (C=O) groups is 1. The van der Waals surface area contributed by atoms with E-state index >= 15 is 0 Å². The molecule has 0 radical (unpaired) electrons. The molecule has 0 aromatic carbocycles. The minimum absolute atomic E-state index is 0.122. The van der Waals surface area contributed by atoms with E-state index in [0.717, 1.165) is 4.88 Å². The third-order valence-electron chi connectivity index (χ3n) is 1.92. The van der Waals surface area contributed by atoms with Crippen molar-refractivity contribution < 1.29 is 4.79 Å². The molecule has 0 aliphatic rings. The number of pyridine rings is 1. The largest absolute Gasteiger partial charge is 0.306 e. The number of halogens is 1. The second-order valence-corrected chi connectivity index (χ2v) is 5.31. The maximum atomic E-state index is 11.8. The van der Waals surface area contributed by atoms with Gasteiger partial charge in [-0.1, -0.05) is 6.07 Å². The number of carbonyl (C=O) groups excluding carboxylic acids is 1. The van der Waals surface area contributed by atoms with Crippen LogP contribution in [0.25, 0.3) is 0 Å². The van der Waals surface area contributed by atoms with Crippen molar-refractivity contribution in [3.05, 3.63) is 44.7 Å². The summed E-state index contributed by atoms with van der Waals surface area (Å²) in [5.41, 5.74) is 0. The van der Waals surface area contributed by atoms with Gasteiger partial charge in [0, 0.05) is 4.88 Å². The summed E-state index contributed by atoms with van der Waals surface area (Å²) < 4.78 is 0.702. The number of nitrogens with one attached hydrogen (secondary N) is 1. The van der Waals surface area contributed by atoms with Gasteiger partial charge in [-0.25, -0.2) is 4.98 Å². The Morgan fingerprint density at radius 2 is 2.19 bits per heavy atom. The van der Waals surface area contributed by atoms with Crippen LogP contribution in [0.5, 0.6) is 0 Å². The molecule has 2 aromatic rings. The normalized spacial score (nSPS) is 10.1. The number of aryl methyl sites for hydroxylation is 1. The fourth-order valence-corrected chi connectivity index (χ4v) is 2.32. The number of amides is 1. The van der Waals surface area contributed by atoms with Gasteiger partial charge in [0.05, 0.1) is 4.88 Å². The Bertz CT molecular complexity index is 524. The van der Waals surface area contributed by atoms with E-state index in [0.29, 0.717) is 15.3 Å². The Balaban J connectivity index is 2.13. The van der Waals surface area contributed by atoms with E-state index in [4.69, 9.17) is 0 Å². The molecule has 16 heavy (non-hydrogen) atoms. The van der Waals surface area contributed by atoms with Gasteiger partial charge >= 0.3 is 0 Å². The molecular formula is C11H9BrN2OS. The number of rotatable bonds is 2. The van der Waals surface area contributed by atoms with Crippen molar-refractivity contribution in [1.82, 2.24) is 4.98 Å². The summed E-state index contributed by atoms with van der Waals surface area (Å²) >= 11 is 4.72. The van der Waals surface area contributed by atoms with Gasteiger partial charge in [-0.3, -0.25) is 4.79 Å². The molecule has 0 saturated carbocycles. The standard InChI is InChI=1S/C11H9BrN2OS/c1-7-5-6-8(16-7)11(15)14-10-4-2-3-9(12)13-10/h2-6H,1H3,(H,13,14,15). The first-order valence-electron chi connectivity index (χ1n) is 4.65. The van der Waals surface area contributed by atoms with Crippen LogP contribution >= 0.6 is 27.3 Å². The van der Waals surface area contributed by atoms with Crippen molar-refractivity contribution >= 4 is 39.0 Å². The molecule has 1 N–H and O–H groups in total. The summed E-state index contributed by atoms with van der Waals surface area (Å²) in [5.74, 6) is 0.425. The van der Waals surface area contributed by atoms with Crippen molar-refractivity contribution in [3.63, 3.8) is 0 Å². The monoisotopic (exact) mass is 296 g/mol. The Kier molecular flexibility index (Phi) is 3.36. The Labute approximate surface area is 106 Å². The van der Waals surface area contributed by atoms with Crippen LogP contribution < -0.4 is 5.32 Å². The summed E-state index contributed by atoms with van der Waals surface area (Å²) in [7, 11) is 0. The fraction of sp³-hybridized carbons (Fsp3) is 0.0909. The quantitative estimate of drug-likeness (QED) is 0.862. The van der Waals surface area contributed by atoms with Gasteiger partial charge in [0.1, 0.15) is 10.4 Å². The maximum absolute atomic E-state index is 11.8. The average Bonchev–Trinajstić information content (AvgIpc) is 2.65. The molecule has 2 heterocycles. The van der Waals surface area contributed by atoms with Crippen LogP contribution in [-0.4, -0.2) is 10.9 Å². The van der Waals surface area contributed by atoms with Crippen LogP contribution in [0.4, 0.5) is 5.82 Å². The molecule has 3 nitrogen and oxygen atoms in total. The minimum atomic E-state index is -0.122. The molecule has 2 rings (SSSR count). The Morgan fingerprint density at radius 1 is 1.38 bits per heavy atom. The lowest BCUT2D eigenvalue weighted by Gasteiger charge is -2.02. The molecule has 2 aromatic heterocycles. The fourth-order valence-electron chi connectivity index (χ4n) is 1.21. The lowest BCUT2D eigenvalue weighted by molar-refractivity contribution is 0.103. The molecule has 82 valence electrons. The van der Waals surface area contributed by atoms with Crippen LogP contribution in [0.1, 0.15) is 14.5 Å². The number of hydrogen-bond acceptors (Lipinski definition) is 3. The smallest absolute Gasteiger partial charge is 0.266 e. The highest BCUT2D eigenvalue weighted by Gasteiger charge is 2.08. The molecule has 0 bridgehead atoms. The zero-order valence-corrected chi connectivity index (χ0v) is 10.9. The van der Waals surface area contributed by atoms with E-state index in [1.807, 2.05) is 31.2 Å². The number of thiophene rings is 1. The molecule has 5 heteroatoms. The first kappa shape index (κ1) is 11.3. The highest BCUT2D eigenvalue weighted by atomic mass is 79.9. The molecular weight excluding hydrogens is 288 g/mol. The number of aromatic nitrogens is 1. The first-order valence-corrected chi connectivity index (χ1v) is 6.26. The molecule has 0 spiro atoms. The van der Waals surface area contributed by atoms with Crippen LogP contribution in [0.15, 0.2) is 34.9 Å². The lowest BCUT2D eigenvalue weighted by atomic mass is 10.4. The summed E-state index contributed by atoms with van der Waals surface area (Å²) in [6.07, 6.45) is 0. The number of anilines is 1. The van der Waals surface area contributed by atoms with E-state index in [1.54, 1.807) is 6.07 Å². The van der Waals surface area contributed by atoms with Crippen molar-refractivity contribution in [2.45, 2.75) is 6.92 Å². The Morgan fingerprint density at radius 3 is 2.81 bits per heavy atom. The van der Waals surface area contributed by atoms with Crippen LogP contribution in [0.2, 0.25) is 0 Å². The third kappa shape index (κ3) is 2.68. The van der Waals surface area contributed by atoms with Gasteiger partial charge in [0.25, 0.3) is 5.91 Å². The molecule has 1 amide bonds. The van der Waals surface area contributed by atoms with E-state index in [1.165, 1.54) is 11.3 Å². The predicted molar refractivity (Wildman–Crippen MR) is 68.9 cm³/mol. The van der Waals surface area contributed by atoms with Crippen molar-refractivity contribution in [2.75, 3.05) is 5.32 Å². The van der Waals surface area contributed by atoms with Crippen molar-refractivity contribution in [2.24, 2.45) is 0 Å². The Hall–Kier alpha value is -1.20. The van der Waals surface area contributed by atoms with Gasteiger partial charge in [-0.05, 0) is 47.1 Å². The lowest BCUT2D eigenvalue weighted by Crippen LogP contribution is -2.11. The van der Waals surface area contributed by atoms with Crippen LogP contribution in [-0.2, 0) is 0 Å². The van der Waals surface area contributed by atoms with Crippen molar-refractivity contribution in [3.8, 4) is 0 Å². The number of hydrogen-bond donors (Lipinski definition) is 1. The van der Waals surface area contributed by atoms with E-state index < -0.39 is 0 Å². The van der Waals surface area contributed by atoms with E-state index in [-0.39, 0.29) is 5.91 Å². The minimum Gasteiger partial charge on any atom is -0.306 e. The van der Waals surface area contributed by atoms with Gasteiger partial charge in [-0.2, -0.15) is 0 Å². The molecule has 0 aliphatic carbocycles. The number of nitrogens with zero attached hydrogens (tertiary/aromatic N) is 1. The topological polar surface area (TPSA) is 42.0 Å². The predicted octanol–water partition coefficient (Wildman–Crippen LogP) is 3.47. The highest BCUT2D eigenvalue weighted by Crippen LogP contribution is 2.17. The maximum Gasteiger partial charge on any atom is 0.266 e. The summed E-state index contributed by atoms with van der Waals surface area (Å²) in [6, 6.07) is 9.13. The van der Waals surface area contributed by atoms with Crippen LogP contribution in [0.3, 0.4) is 0 Å². The average molecular weight is 297 g/mol. The zero-order valence-electron chi connectivity index (χ0n) is 8.53. The molecule has 0 unspecified atom stereocenters. The molecule has 0 saturated heterocycles. The van der Waals surface area contributed by atoms with E-state index in [9.17, 15) is 4.79 Å². The van der Waals surface area contributed by atoms with Gasteiger partial charge < -0.3 is 5.32 Å². The second kappa shape index (κ2) is 4.76.